The van der Waals surface area contributed by atoms with Crippen molar-refractivity contribution in [3.63, 3.8) is 0 Å². The molecule has 1 N–H and O–H groups in total. The summed E-state index contributed by atoms with van der Waals surface area (Å²) >= 11 is 3.44. The quantitative estimate of drug-likeness (QED) is 0.788. The molecule has 0 unspecified atom stereocenters. The molecule has 0 saturated heterocycles. The molecule has 2 aromatic carbocycles. The van der Waals surface area contributed by atoms with Crippen LogP contribution in [-0.2, 0) is 0 Å². The SMILES string of the molecule is COc1c(Oc2ccc3cc(Br)ccc3c2)nc[nH]c1=O. The van der Waals surface area contributed by atoms with Crippen LogP contribution in [0.25, 0.3) is 10.8 Å². The molecule has 0 aliphatic rings. The Morgan fingerprint density at radius 1 is 1.14 bits per heavy atom. The number of H-pyrrole nitrogens is 1. The van der Waals surface area contributed by atoms with Gasteiger partial charge in [0.2, 0.25) is 5.75 Å². The van der Waals surface area contributed by atoms with Gasteiger partial charge < -0.3 is 14.5 Å². The predicted octanol–water partition coefficient (Wildman–Crippen LogP) is 3.49. The first-order valence-electron chi connectivity index (χ1n) is 6.16. The molecule has 0 spiro atoms. The molecule has 0 fully saturated rings. The van der Waals surface area contributed by atoms with E-state index in [9.17, 15) is 4.79 Å². The molecule has 3 aromatic rings. The molecule has 0 atom stereocenters. The number of rotatable bonds is 3. The largest absolute Gasteiger partial charge is 0.487 e. The Balaban J connectivity index is 2.00. The van der Waals surface area contributed by atoms with Crippen LogP contribution in [0.4, 0.5) is 0 Å². The van der Waals surface area contributed by atoms with Crippen molar-refractivity contribution in [3.05, 3.63) is 57.6 Å². The molecule has 5 nitrogen and oxygen atoms in total. The maximum Gasteiger partial charge on any atom is 0.297 e. The highest BCUT2D eigenvalue weighted by molar-refractivity contribution is 9.10. The lowest BCUT2D eigenvalue weighted by Gasteiger charge is -2.08. The first kappa shape index (κ1) is 13.6. The van der Waals surface area contributed by atoms with E-state index in [0.717, 1.165) is 15.2 Å². The van der Waals surface area contributed by atoms with E-state index in [0.29, 0.717) is 5.75 Å². The molecular weight excluding hydrogens is 336 g/mol. The van der Waals surface area contributed by atoms with E-state index in [-0.39, 0.29) is 17.2 Å². The van der Waals surface area contributed by atoms with Gasteiger partial charge in [0.15, 0.2) is 0 Å². The first-order valence-corrected chi connectivity index (χ1v) is 6.95. The third-order valence-electron chi connectivity index (χ3n) is 2.97. The standard InChI is InChI=1S/C15H11BrN2O3/c1-20-13-14(19)17-8-18-15(13)21-12-5-3-9-6-11(16)4-2-10(9)7-12/h2-8H,1H3,(H,17,18,19). The van der Waals surface area contributed by atoms with Crippen LogP contribution in [0, 0.1) is 0 Å². The van der Waals surface area contributed by atoms with Gasteiger partial charge >= 0.3 is 0 Å². The lowest BCUT2D eigenvalue weighted by Crippen LogP contribution is -2.10. The normalized spacial score (nSPS) is 10.6. The van der Waals surface area contributed by atoms with Gasteiger partial charge in [0.1, 0.15) is 5.75 Å². The van der Waals surface area contributed by atoms with Crippen molar-refractivity contribution in [2.45, 2.75) is 0 Å². The number of halogens is 1. The zero-order valence-electron chi connectivity index (χ0n) is 11.1. The Morgan fingerprint density at radius 3 is 2.71 bits per heavy atom. The molecule has 0 saturated carbocycles. The highest BCUT2D eigenvalue weighted by Gasteiger charge is 2.11. The van der Waals surface area contributed by atoms with E-state index in [1.165, 1.54) is 13.4 Å². The van der Waals surface area contributed by atoms with E-state index in [1.54, 1.807) is 0 Å². The number of nitrogens with zero attached hydrogens (tertiary/aromatic N) is 1. The van der Waals surface area contributed by atoms with Crippen LogP contribution in [0.1, 0.15) is 0 Å². The third kappa shape index (κ3) is 2.75. The molecule has 0 amide bonds. The summed E-state index contributed by atoms with van der Waals surface area (Å²) in [7, 11) is 1.40. The Kier molecular flexibility index (Phi) is 3.62. The van der Waals surface area contributed by atoms with Gasteiger partial charge in [-0.05, 0) is 35.0 Å². The van der Waals surface area contributed by atoms with Gasteiger partial charge in [-0.15, -0.1) is 0 Å². The van der Waals surface area contributed by atoms with Gasteiger partial charge in [-0.25, -0.2) is 4.98 Å². The molecule has 3 rings (SSSR count). The van der Waals surface area contributed by atoms with E-state index in [1.807, 2.05) is 36.4 Å². The zero-order chi connectivity index (χ0) is 14.8. The Labute approximate surface area is 128 Å². The van der Waals surface area contributed by atoms with E-state index in [2.05, 4.69) is 25.9 Å². The fraction of sp³-hybridized carbons (Fsp3) is 0.0667. The predicted molar refractivity (Wildman–Crippen MR) is 83.1 cm³/mol. The highest BCUT2D eigenvalue weighted by atomic mass is 79.9. The molecule has 21 heavy (non-hydrogen) atoms. The van der Waals surface area contributed by atoms with Crippen molar-refractivity contribution in [2.75, 3.05) is 7.11 Å². The second-order valence-corrected chi connectivity index (χ2v) is 5.24. The summed E-state index contributed by atoms with van der Waals surface area (Å²) in [5, 5.41) is 2.11. The first-order chi connectivity index (χ1) is 10.2. The van der Waals surface area contributed by atoms with Crippen molar-refractivity contribution in [1.29, 1.82) is 0 Å². The third-order valence-corrected chi connectivity index (χ3v) is 3.46. The molecule has 1 aromatic heterocycles. The molecule has 0 aliphatic carbocycles. The van der Waals surface area contributed by atoms with E-state index < -0.39 is 0 Å². The van der Waals surface area contributed by atoms with Crippen LogP contribution in [0.5, 0.6) is 17.4 Å². The van der Waals surface area contributed by atoms with Gasteiger partial charge in [-0.1, -0.05) is 28.1 Å². The van der Waals surface area contributed by atoms with Crippen molar-refractivity contribution in [1.82, 2.24) is 9.97 Å². The maximum atomic E-state index is 11.6. The van der Waals surface area contributed by atoms with Crippen molar-refractivity contribution >= 4 is 26.7 Å². The molecule has 0 radical (unpaired) electrons. The van der Waals surface area contributed by atoms with Gasteiger partial charge in [0, 0.05) is 4.47 Å². The van der Waals surface area contributed by atoms with E-state index >= 15 is 0 Å². The minimum Gasteiger partial charge on any atom is -0.487 e. The average Bonchev–Trinajstić information content (AvgIpc) is 2.48. The summed E-state index contributed by atoms with van der Waals surface area (Å²) in [4.78, 5) is 18.0. The summed E-state index contributed by atoms with van der Waals surface area (Å²) in [6.07, 6.45) is 1.28. The van der Waals surface area contributed by atoms with Gasteiger partial charge in [-0.3, -0.25) is 4.79 Å². The van der Waals surface area contributed by atoms with Gasteiger partial charge in [0.25, 0.3) is 11.4 Å². The number of aromatic nitrogens is 2. The van der Waals surface area contributed by atoms with Gasteiger partial charge in [0.05, 0.1) is 13.4 Å². The zero-order valence-corrected chi connectivity index (χ0v) is 12.7. The van der Waals surface area contributed by atoms with Crippen LogP contribution in [0.3, 0.4) is 0 Å². The minimum absolute atomic E-state index is 0.0494. The number of hydrogen-bond donors (Lipinski definition) is 1. The lowest BCUT2D eigenvalue weighted by atomic mass is 10.1. The van der Waals surface area contributed by atoms with Gasteiger partial charge in [-0.2, -0.15) is 0 Å². The average molecular weight is 347 g/mol. The summed E-state index contributed by atoms with van der Waals surface area (Å²) < 4.78 is 11.7. The Morgan fingerprint density at radius 2 is 1.90 bits per heavy atom. The van der Waals surface area contributed by atoms with Crippen molar-refractivity contribution in [3.8, 4) is 17.4 Å². The monoisotopic (exact) mass is 346 g/mol. The molecule has 0 aliphatic heterocycles. The van der Waals surface area contributed by atoms with Crippen LogP contribution in [0.15, 0.2) is 52.0 Å². The molecule has 1 heterocycles. The highest BCUT2D eigenvalue weighted by Crippen LogP contribution is 2.29. The number of benzene rings is 2. The molecule has 106 valence electrons. The Hall–Kier alpha value is -2.34. The van der Waals surface area contributed by atoms with Crippen LogP contribution >= 0.6 is 15.9 Å². The number of methoxy groups -OCH3 is 1. The smallest absolute Gasteiger partial charge is 0.297 e. The number of aromatic amines is 1. The summed E-state index contributed by atoms with van der Waals surface area (Å²) in [5.74, 6) is 0.771. The van der Waals surface area contributed by atoms with Crippen molar-refractivity contribution in [2.24, 2.45) is 0 Å². The molecule has 0 bridgehead atoms. The van der Waals surface area contributed by atoms with Crippen LogP contribution < -0.4 is 15.0 Å². The topological polar surface area (TPSA) is 64.2 Å². The maximum absolute atomic E-state index is 11.6. The van der Waals surface area contributed by atoms with Crippen molar-refractivity contribution < 1.29 is 9.47 Å². The number of hydrogen-bond acceptors (Lipinski definition) is 4. The number of nitrogens with one attached hydrogen (secondary N) is 1. The Bertz CT molecular complexity index is 861. The molecular formula is C15H11BrN2O3. The second kappa shape index (κ2) is 5.57. The van der Waals surface area contributed by atoms with Crippen LogP contribution in [-0.4, -0.2) is 17.1 Å². The second-order valence-electron chi connectivity index (χ2n) is 4.33. The fourth-order valence-electron chi connectivity index (χ4n) is 1.99. The summed E-state index contributed by atoms with van der Waals surface area (Å²) in [6.45, 7) is 0. The molecule has 6 heteroatoms. The number of fused-ring (bicyclic) bond motifs is 1. The van der Waals surface area contributed by atoms with E-state index in [4.69, 9.17) is 9.47 Å². The summed E-state index contributed by atoms with van der Waals surface area (Å²) in [6, 6.07) is 11.6. The summed E-state index contributed by atoms with van der Waals surface area (Å²) in [5.41, 5.74) is -0.382. The lowest BCUT2D eigenvalue weighted by molar-refractivity contribution is 0.363. The number of ether oxygens (including phenoxy) is 2. The van der Waals surface area contributed by atoms with Crippen LogP contribution in [0.2, 0.25) is 0 Å². The fourth-order valence-corrected chi connectivity index (χ4v) is 2.37. The minimum atomic E-state index is -0.382.